The lowest BCUT2D eigenvalue weighted by Gasteiger charge is -2.15. The summed E-state index contributed by atoms with van der Waals surface area (Å²) in [5, 5.41) is 2.74. The number of aromatic amines is 1. The van der Waals surface area contributed by atoms with Crippen LogP contribution in [0.1, 0.15) is 41.0 Å². The lowest BCUT2D eigenvalue weighted by Crippen LogP contribution is -2.28. The Labute approximate surface area is 172 Å². The summed E-state index contributed by atoms with van der Waals surface area (Å²) in [5.41, 5.74) is 1.76. The normalized spacial score (nSPS) is 15.2. The number of H-pyrrole nitrogens is 1. The minimum absolute atomic E-state index is 0.201. The topological polar surface area (TPSA) is 95.2 Å². The SMILES string of the molecule is O=C(NCc1ccc(S(=O)(=O)N2CCCC2)cc1)c1ccc2nc(C(F)F)[nH]c2c1. The molecule has 2 heterocycles. The number of amides is 1. The van der Waals surface area contributed by atoms with E-state index in [-0.39, 0.29) is 17.3 Å². The van der Waals surface area contributed by atoms with Gasteiger partial charge in [0.25, 0.3) is 12.3 Å². The third kappa shape index (κ3) is 4.05. The molecule has 1 aliphatic heterocycles. The second-order valence-corrected chi connectivity index (χ2v) is 9.03. The summed E-state index contributed by atoms with van der Waals surface area (Å²) in [6, 6.07) is 10.9. The van der Waals surface area contributed by atoms with Crippen molar-refractivity contribution in [1.82, 2.24) is 19.6 Å². The highest BCUT2D eigenvalue weighted by atomic mass is 32.2. The molecule has 30 heavy (non-hydrogen) atoms. The number of nitrogens with zero attached hydrogens (tertiary/aromatic N) is 2. The lowest BCUT2D eigenvalue weighted by molar-refractivity contribution is 0.0951. The summed E-state index contributed by atoms with van der Waals surface area (Å²) >= 11 is 0. The minimum Gasteiger partial charge on any atom is -0.348 e. The van der Waals surface area contributed by atoms with E-state index < -0.39 is 22.3 Å². The first-order chi connectivity index (χ1) is 14.3. The van der Waals surface area contributed by atoms with Gasteiger partial charge >= 0.3 is 0 Å². The first-order valence-electron chi connectivity index (χ1n) is 9.50. The van der Waals surface area contributed by atoms with Crippen molar-refractivity contribution in [2.24, 2.45) is 0 Å². The fourth-order valence-corrected chi connectivity index (χ4v) is 4.93. The lowest BCUT2D eigenvalue weighted by atomic mass is 10.1. The number of fused-ring (bicyclic) bond motifs is 1. The summed E-state index contributed by atoms with van der Waals surface area (Å²) < 4.78 is 52.1. The molecule has 1 aromatic heterocycles. The number of benzene rings is 2. The molecule has 0 unspecified atom stereocenters. The van der Waals surface area contributed by atoms with E-state index >= 15 is 0 Å². The molecule has 4 rings (SSSR count). The number of nitrogens with one attached hydrogen (secondary N) is 2. The maximum absolute atomic E-state index is 12.7. The van der Waals surface area contributed by atoms with Crippen LogP contribution in [-0.4, -0.2) is 41.7 Å². The molecular weight excluding hydrogens is 414 g/mol. The zero-order chi connectivity index (χ0) is 21.3. The molecule has 0 spiro atoms. The van der Waals surface area contributed by atoms with Crippen LogP contribution in [0.15, 0.2) is 47.4 Å². The van der Waals surface area contributed by atoms with Gasteiger partial charge in [-0.1, -0.05) is 12.1 Å². The van der Waals surface area contributed by atoms with E-state index in [1.165, 1.54) is 34.6 Å². The van der Waals surface area contributed by atoms with Crippen molar-refractivity contribution in [3.05, 3.63) is 59.4 Å². The molecule has 1 saturated heterocycles. The first kappa shape index (κ1) is 20.4. The summed E-state index contributed by atoms with van der Waals surface area (Å²) in [6.45, 7) is 1.28. The van der Waals surface area contributed by atoms with Gasteiger partial charge in [0.2, 0.25) is 10.0 Å². The molecule has 1 aliphatic rings. The molecule has 1 fully saturated rings. The van der Waals surface area contributed by atoms with Gasteiger partial charge in [0, 0.05) is 25.2 Å². The van der Waals surface area contributed by atoms with Gasteiger partial charge in [-0.15, -0.1) is 0 Å². The van der Waals surface area contributed by atoms with E-state index in [9.17, 15) is 22.0 Å². The molecule has 3 aromatic rings. The van der Waals surface area contributed by atoms with Crippen LogP contribution in [-0.2, 0) is 16.6 Å². The predicted octanol–water partition coefficient (Wildman–Crippen LogP) is 3.22. The van der Waals surface area contributed by atoms with Crippen LogP contribution in [0, 0.1) is 0 Å². The smallest absolute Gasteiger partial charge is 0.295 e. The van der Waals surface area contributed by atoms with E-state index in [0.717, 1.165) is 18.4 Å². The van der Waals surface area contributed by atoms with Crippen LogP contribution in [0.5, 0.6) is 0 Å². The summed E-state index contributed by atoms with van der Waals surface area (Å²) in [5.74, 6) is -0.814. The molecule has 0 radical (unpaired) electrons. The highest BCUT2D eigenvalue weighted by Gasteiger charge is 2.26. The van der Waals surface area contributed by atoms with Crippen LogP contribution in [0.3, 0.4) is 0 Å². The number of sulfonamides is 1. The number of rotatable bonds is 6. The fraction of sp³-hybridized carbons (Fsp3) is 0.300. The Morgan fingerprint density at radius 3 is 2.50 bits per heavy atom. The van der Waals surface area contributed by atoms with Crippen molar-refractivity contribution in [2.75, 3.05) is 13.1 Å². The summed E-state index contributed by atoms with van der Waals surface area (Å²) in [6.07, 6.45) is -0.971. The second-order valence-electron chi connectivity index (χ2n) is 7.09. The third-order valence-electron chi connectivity index (χ3n) is 5.05. The van der Waals surface area contributed by atoms with Gasteiger partial charge in [0.05, 0.1) is 15.9 Å². The Morgan fingerprint density at radius 1 is 1.13 bits per heavy atom. The van der Waals surface area contributed by atoms with Crippen molar-refractivity contribution >= 4 is 27.0 Å². The predicted molar refractivity (Wildman–Crippen MR) is 107 cm³/mol. The Balaban J connectivity index is 1.42. The van der Waals surface area contributed by atoms with Crippen LogP contribution in [0.4, 0.5) is 8.78 Å². The highest BCUT2D eigenvalue weighted by molar-refractivity contribution is 7.89. The summed E-state index contributed by atoms with van der Waals surface area (Å²) in [4.78, 5) is 18.9. The Bertz CT molecular complexity index is 1170. The maximum atomic E-state index is 12.7. The molecule has 0 saturated carbocycles. The van der Waals surface area contributed by atoms with Crippen molar-refractivity contribution in [2.45, 2.75) is 30.7 Å². The number of carbonyl (C=O) groups excluding carboxylic acids is 1. The van der Waals surface area contributed by atoms with Gasteiger partial charge in [-0.05, 0) is 48.7 Å². The molecule has 10 heteroatoms. The fourth-order valence-electron chi connectivity index (χ4n) is 3.42. The van der Waals surface area contributed by atoms with Crippen molar-refractivity contribution in [3.63, 3.8) is 0 Å². The molecule has 0 aliphatic carbocycles. The van der Waals surface area contributed by atoms with Gasteiger partial charge in [-0.25, -0.2) is 22.2 Å². The number of hydrogen-bond acceptors (Lipinski definition) is 4. The van der Waals surface area contributed by atoms with Gasteiger partial charge in [-0.2, -0.15) is 4.31 Å². The van der Waals surface area contributed by atoms with E-state index in [2.05, 4.69) is 15.3 Å². The van der Waals surface area contributed by atoms with Crippen molar-refractivity contribution in [1.29, 1.82) is 0 Å². The quantitative estimate of drug-likeness (QED) is 0.623. The second kappa shape index (κ2) is 8.11. The summed E-state index contributed by atoms with van der Waals surface area (Å²) in [7, 11) is -3.47. The van der Waals surface area contributed by atoms with E-state index in [1.807, 2.05) is 0 Å². The molecule has 0 atom stereocenters. The largest absolute Gasteiger partial charge is 0.348 e. The molecule has 2 aromatic carbocycles. The number of aromatic nitrogens is 2. The molecule has 158 valence electrons. The van der Waals surface area contributed by atoms with Crippen molar-refractivity contribution in [3.8, 4) is 0 Å². The molecule has 0 bridgehead atoms. The van der Waals surface area contributed by atoms with E-state index in [1.54, 1.807) is 12.1 Å². The Morgan fingerprint density at radius 2 is 1.83 bits per heavy atom. The standard InChI is InChI=1S/C20H20F2N4O3S/c21-18(22)19-24-16-8-5-14(11-17(16)25-19)20(27)23-12-13-3-6-15(7-4-13)30(28,29)26-9-1-2-10-26/h3-8,11,18H,1-2,9-10,12H2,(H,23,27)(H,24,25). The van der Waals surface area contributed by atoms with Gasteiger partial charge in [0.15, 0.2) is 5.82 Å². The highest BCUT2D eigenvalue weighted by Crippen LogP contribution is 2.22. The average Bonchev–Trinajstić information content (AvgIpc) is 3.42. The molecule has 1 amide bonds. The van der Waals surface area contributed by atoms with Gasteiger partial charge < -0.3 is 10.3 Å². The third-order valence-corrected chi connectivity index (χ3v) is 6.96. The zero-order valence-corrected chi connectivity index (χ0v) is 16.8. The Hall–Kier alpha value is -2.85. The number of halogens is 2. The van der Waals surface area contributed by atoms with Crippen molar-refractivity contribution < 1.29 is 22.0 Å². The minimum atomic E-state index is -3.47. The molecular formula is C20H20F2N4O3S. The van der Waals surface area contributed by atoms with Crippen LogP contribution in [0.25, 0.3) is 11.0 Å². The average molecular weight is 434 g/mol. The number of imidazole rings is 1. The monoisotopic (exact) mass is 434 g/mol. The molecule has 7 nitrogen and oxygen atoms in total. The van der Waals surface area contributed by atoms with Crippen LogP contribution in [0.2, 0.25) is 0 Å². The Kier molecular flexibility index (Phi) is 5.52. The zero-order valence-electron chi connectivity index (χ0n) is 15.9. The molecule has 2 N–H and O–H groups in total. The van der Waals surface area contributed by atoms with Crippen LogP contribution >= 0.6 is 0 Å². The first-order valence-corrected chi connectivity index (χ1v) is 10.9. The number of hydrogen-bond donors (Lipinski definition) is 2. The van der Waals surface area contributed by atoms with Gasteiger partial charge in [0.1, 0.15) is 0 Å². The number of carbonyl (C=O) groups is 1. The van der Waals surface area contributed by atoms with Gasteiger partial charge in [-0.3, -0.25) is 4.79 Å². The van der Waals surface area contributed by atoms with Crippen LogP contribution < -0.4 is 5.32 Å². The maximum Gasteiger partial charge on any atom is 0.295 e. The van der Waals surface area contributed by atoms with E-state index in [0.29, 0.717) is 29.7 Å². The van der Waals surface area contributed by atoms with E-state index in [4.69, 9.17) is 0 Å². The number of alkyl halides is 2.